The van der Waals surface area contributed by atoms with Gasteiger partial charge in [0.05, 0.1) is 17.6 Å². The van der Waals surface area contributed by atoms with Gasteiger partial charge in [-0.2, -0.15) is 4.31 Å². The van der Waals surface area contributed by atoms with E-state index >= 15 is 0 Å². The van der Waals surface area contributed by atoms with E-state index in [0.717, 1.165) is 8.78 Å². The molecule has 7 nitrogen and oxygen atoms in total. The van der Waals surface area contributed by atoms with Crippen molar-refractivity contribution in [3.05, 3.63) is 58.6 Å². The van der Waals surface area contributed by atoms with Crippen LogP contribution in [0.2, 0.25) is 0 Å². The van der Waals surface area contributed by atoms with Gasteiger partial charge in [-0.15, -0.1) is 0 Å². The van der Waals surface area contributed by atoms with Gasteiger partial charge in [-0.25, -0.2) is 8.42 Å². The Hall–Kier alpha value is -1.78. The second-order valence-electron chi connectivity index (χ2n) is 5.61. The first-order chi connectivity index (χ1) is 12.2. The summed E-state index contributed by atoms with van der Waals surface area (Å²) in [4.78, 5) is 12.3. The Morgan fingerprint density at radius 1 is 1.23 bits per heavy atom. The van der Waals surface area contributed by atoms with E-state index in [1.54, 1.807) is 18.2 Å². The second kappa shape index (κ2) is 8.74. The van der Waals surface area contributed by atoms with E-state index in [1.807, 2.05) is 6.07 Å². The molecule has 0 aliphatic rings. The fraction of sp³-hybridized carbons (Fsp3) is 0.235. The summed E-state index contributed by atoms with van der Waals surface area (Å²) in [5, 5.41) is 21.0. The van der Waals surface area contributed by atoms with Gasteiger partial charge in [0.15, 0.2) is 0 Å². The molecule has 140 valence electrons. The molecule has 0 fully saturated rings. The average Bonchev–Trinajstić information content (AvgIpc) is 2.61. The average molecular weight is 443 g/mol. The van der Waals surface area contributed by atoms with E-state index in [1.165, 1.54) is 31.3 Å². The van der Waals surface area contributed by atoms with E-state index in [9.17, 15) is 18.3 Å². The topological polar surface area (TPSA) is 107 Å². The minimum absolute atomic E-state index is 0.0768. The number of hydrogen-bond acceptors (Lipinski definition) is 5. The van der Waals surface area contributed by atoms with Gasteiger partial charge in [-0.05, 0) is 36.4 Å². The van der Waals surface area contributed by atoms with E-state index in [2.05, 4.69) is 21.2 Å². The van der Waals surface area contributed by atoms with Gasteiger partial charge in [0.1, 0.15) is 0 Å². The van der Waals surface area contributed by atoms with Gasteiger partial charge >= 0.3 is 0 Å². The predicted molar refractivity (Wildman–Crippen MR) is 101 cm³/mol. The Bertz CT molecular complexity index is 888. The van der Waals surface area contributed by atoms with Crippen LogP contribution >= 0.6 is 15.9 Å². The third kappa shape index (κ3) is 5.12. The summed E-state index contributed by atoms with van der Waals surface area (Å²) in [6, 6.07) is 12.6. The molecule has 2 aromatic carbocycles. The van der Waals surface area contributed by atoms with Crippen LogP contribution in [-0.2, 0) is 10.0 Å². The Labute approximate surface area is 160 Å². The summed E-state index contributed by atoms with van der Waals surface area (Å²) < 4.78 is 26.8. The first-order valence-corrected chi connectivity index (χ1v) is 9.89. The van der Waals surface area contributed by atoms with Crippen LogP contribution in [0.5, 0.6) is 0 Å². The third-order valence-corrected chi connectivity index (χ3v) is 5.88. The quantitative estimate of drug-likeness (QED) is 0.604. The number of nitrogens with one attached hydrogen (secondary N) is 1. The number of amides is 1. The van der Waals surface area contributed by atoms with Gasteiger partial charge in [0.2, 0.25) is 10.0 Å². The number of aliphatic hydroxyl groups is 2. The number of anilines is 1. The molecule has 26 heavy (non-hydrogen) atoms. The lowest BCUT2D eigenvalue weighted by molar-refractivity contribution is 0.0826. The zero-order chi connectivity index (χ0) is 19.3. The molecule has 1 atom stereocenters. The highest BCUT2D eigenvalue weighted by Crippen LogP contribution is 2.19. The lowest BCUT2D eigenvalue weighted by atomic mass is 10.2. The van der Waals surface area contributed by atoms with Crippen molar-refractivity contribution in [2.24, 2.45) is 0 Å². The van der Waals surface area contributed by atoms with Crippen LogP contribution in [0.15, 0.2) is 57.9 Å². The van der Waals surface area contributed by atoms with E-state index in [0.29, 0.717) is 5.69 Å². The van der Waals surface area contributed by atoms with Crippen molar-refractivity contribution >= 4 is 37.5 Å². The zero-order valence-electron chi connectivity index (χ0n) is 14.0. The van der Waals surface area contributed by atoms with Crippen LogP contribution < -0.4 is 5.32 Å². The number of nitrogens with zero attached hydrogens (tertiary/aromatic N) is 1. The molecule has 0 aliphatic heterocycles. The van der Waals surface area contributed by atoms with Crippen molar-refractivity contribution in [2.45, 2.75) is 11.0 Å². The maximum Gasteiger partial charge on any atom is 0.255 e. The monoisotopic (exact) mass is 442 g/mol. The van der Waals surface area contributed by atoms with Crippen molar-refractivity contribution < 1.29 is 23.4 Å². The Morgan fingerprint density at radius 3 is 2.58 bits per heavy atom. The van der Waals surface area contributed by atoms with Crippen LogP contribution in [0.1, 0.15) is 10.4 Å². The molecule has 1 amide bonds. The number of hydrogen-bond donors (Lipinski definition) is 3. The zero-order valence-corrected chi connectivity index (χ0v) is 16.4. The number of sulfonamides is 1. The molecule has 0 radical (unpaired) electrons. The molecule has 1 unspecified atom stereocenters. The van der Waals surface area contributed by atoms with Gasteiger partial charge in [-0.3, -0.25) is 4.79 Å². The van der Waals surface area contributed by atoms with Crippen molar-refractivity contribution in [3.63, 3.8) is 0 Å². The lowest BCUT2D eigenvalue weighted by Crippen LogP contribution is -2.35. The lowest BCUT2D eigenvalue weighted by Gasteiger charge is -2.19. The third-order valence-electron chi connectivity index (χ3n) is 3.57. The Balaban J connectivity index is 2.22. The highest BCUT2D eigenvalue weighted by molar-refractivity contribution is 9.10. The first kappa shape index (κ1) is 20.5. The fourth-order valence-electron chi connectivity index (χ4n) is 2.20. The van der Waals surface area contributed by atoms with Crippen LogP contribution in [0.3, 0.4) is 0 Å². The van der Waals surface area contributed by atoms with Crippen LogP contribution in [0.25, 0.3) is 0 Å². The minimum atomic E-state index is -3.91. The number of carbonyl (C=O) groups excluding carboxylic acids is 1. The maximum atomic E-state index is 12.6. The Kier molecular flexibility index (Phi) is 6.90. The summed E-state index contributed by atoms with van der Waals surface area (Å²) in [6.07, 6.45) is -1.18. The molecule has 0 saturated heterocycles. The number of aliphatic hydroxyl groups excluding tert-OH is 2. The molecule has 0 spiro atoms. The van der Waals surface area contributed by atoms with Crippen molar-refractivity contribution in [1.82, 2.24) is 4.31 Å². The van der Waals surface area contributed by atoms with Gasteiger partial charge in [0.25, 0.3) is 5.91 Å². The normalized spacial score (nSPS) is 12.8. The summed E-state index contributed by atoms with van der Waals surface area (Å²) in [5.41, 5.74) is 0.753. The Morgan fingerprint density at radius 2 is 1.92 bits per heavy atom. The van der Waals surface area contributed by atoms with Crippen LogP contribution in [-0.4, -0.2) is 55.1 Å². The van der Waals surface area contributed by atoms with E-state index < -0.39 is 28.6 Å². The molecule has 3 N–H and O–H groups in total. The van der Waals surface area contributed by atoms with Crippen LogP contribution in [0, 0.1) is 0 Å². The van der Waals surface area contributed by atoms with Gasteiger partial charge in [-0.1, -0.05) is 28.1 Å². The molecule has 9 heteroatoms. The maximum absolute atomic E-state index is 12.6. The molecule has 0 heterocycles. The predicted octanol–water partition coefficient (Wildman–Crippen LogP) is 1.68. The largest absolute Gasteiger partial charge is 0.394 e. The second-order valence-corrected chi connectivity index (χ2v) is 8.57. The molecule has 0 bridgehead atoms. The molecule has 2 aromatic rings. The van der Waals surface area contributed by atoms with Crippen LogP contribution in [0.4, 0.5) is 5.69 Å². The standard InChI is InChI=1S/C17H19BrN2O5S/c1-20(10-15(22)11-21)26(24,25)16-7-2-4-12(8-16)17(23)19-14-6-3-5-13(18)9-14/h2-9,15,21-22H,10-11H2,1H3,(H,19,23). The van der Waals surface area contributed by atoms with Crippen molar-refractivity contribution in [2.75, 3.05) is 25.5 Å². The molecule has 0 saturated carbocycles. The summed E-state index contributed by atoms with van der Waals surface area (Å²) in [6.45, 7) is -0.803. The first-order valence-electron chi connectivity index (χ1n) is 7.66. The van der Waals surface area contributed by atoms with E-state index in [-0.39, 0.29) is 17.0 Å². The number of benzene rings is 2. The molecular weight excluding hydrogens is 424 g/mol. The molecule has 0 aromatic heterocycles. The highest BCUT2D eigenvalue weighted by atomic mass is 79.9. The highest BCUT2D eigenvalue weighted by Gasteiger charge is 2.23. The van der Waals surface area contributed by atoms with E-state index in [4.69, 9.17) is 5.11 Å². The van der Waals surface area contributed by atoms with Gasteiger partial charge in [0, 0.05) is 29.3 Å². The minimum Gasteiger partial charge on any atom is -0.394 e. The summed E-state index contributed by atoms with van der Waals surface area (Å²) in [5.74, 6) is -0.446. The smallest absolute Gasteiger partial charge is 0.255 e. The van der Waals surface area contributed by atoms with Gasteiger partial charge < -0.3 is 15.5 Å². The SMILES string of the molecule is CN(CC(O)CO)S(=O)(=O)c1cccc(C(=O)Nc2cccc(Br)c2)c1. The summed E-state index contributed by atoms with van der Waals surface area (Å²) >= 11 is 3.31. The summed E-state index contributed by atoms with van der Waals surface area (Å²) in [7, 11) is -2.61. The molecular formula is C17H19BrN2O5S. The number of carbonyl (C=O) groups is 1. The molecule has 2 rings (SSSR count). The number of halogens is 1. The molecule has 0 aliphatic carbocycles. The van der Waals surface area contributed by atoms with Crippen molar-refractivity contribution in [3.8, 4) is 0 Å². The van der Waals surface area contributed by atoms with Crippen molar-refractivity contribution in [1.29, 1.82) is 0 Å². The number of rotatable bonds is 7. The number of likely N-dealkylation sites (N-methyl/N-ethyl adjacent to an activating group) is 1. The fourth-order valence-corrected chi connectivity index (χ4v) is 3.85.